The molecule has 2 aromatic rings. The van der Waals surface area contributed by atoms with Gasteiger partial charge in [-0.2, -0.15) is 0 Å². The van der Waals surface area contributed by atoms with Gasteiger partial charge < -0.3 is 14.6 Å². The van der Waals surface area contributed by atoms with Gasteiger partial charge in [-0.05, 0) is 49.2 Å². The molecule has 0 aliphatic heterocycles. The minimum atomic E-state index is -0.834. The van der Waals surface area contributed by atoms with Gasteiger partial charge in [0, 0.05) is 0 Å². The van der Waals surface area contributed by atoms with Crippen molar-refractivity contribution in [2.75, 3.05) is 6.61 Å². The number of hydrogen-bond donors (Lipinski definition) is 1. The third kappa shape index (κ3) is 4.50. The Morgan fingerprint density at radius 1 is 0.905 bits per heavy atom. The van der Waals surface area contributed by atoms with E-state index < -0.39 is 5.60 Å². The quantitative estimate of drug-likeness (QED) is 0.862. The van der Waals surface area contributed by atoms with E-state index in [1.165, 1.54) is 0 Å². The van der Waals surface area contributed by atoms with Crippen LogP contribution in [-0.4, -0.2) is 17.3 Å². The van der Waals surface area contributed by atoms with Crippen molar-refractivity contribution in [2.24, 2.45) is 5.92 Å². The van der Waals surface area contributed by atoms with Gasteiger partial charge in [0.2, 0.25) is 0 Å². The molecule has 0 saturated carbocycles. The Balaban J connectivity index is 1.93. The molecule has 0 radical (unpaired) electrons. The third-order valence-corrected chi connectivity index (χ3v) is 3.58. The highest BCUT2D eigenvalue weighted by Crippen LogP contribution is 2.24. The maximum Gasteiger partial charge on any atom is 0.127 e. The van der Waals surface area contributed by atoms with Crippen molar-refractivity contribution < 1.29 is 14.6 Å². The Morgan fingerprint density at radius 2 is 1.43 bits per heavy atom. The van der Waals surface area contributed by atoms with E-state index in [4.69, 9.17) is 9.47 Å². The fraction of sp³-hybridized carbons (Fsp3) is 0.333. The first-order valence-corrected chi connectivity index (χ1v) is 7.15. The molecule has 0 aliphatic carbocycles. The van der Waals surface area contributed by atoms with E-state index in [2.05, 4.69) is 0 Å². The minimum Gasteiger partial charge on any atom is -0.491 e. The van der Waals surface area contributed by atoms with Crippen molar-refractivity contribution in [3.05, 3.63) is 54.6 Å². The van der Waals surface area contributed by atoms with Gasteiger partial charge in [0.25, 0.3) is 0 Å². The largest absolute Gasteiger partial charge is 0.491 e. The topological polar surface area (TPSA) is 38.7 Å². The van der Waals surface area contributed by atoms with Crippen LogP contribution in [0.15, 0.2) is 54.6 Å². The highest BCUT2D eigenvalue weighted by Gasteiger charge is 2.25. The molecule has 0 spiro atoms. The van der Waals surface area contributed by atoms with Crippen LogP contribution >= 0.6 is 0 Å². The number of aliphatic hydroxyl groups is 1. The lowest BCUT2D eigenvalue weighted by molar-refractivity contribution is -0.0266. The lowest BCUT2D eigenvalue weighted by Gasteiger charge is -2.27. The molecule has 1 N–H and O–H groups in total. The van der Waals surface area contributed by atoms with E-state index in [9.17, 15) is 5.11 Å². The minimum absolute atomic E-state index is 0.137. The number of hydrogen-bond acceptors (Lipinski definition) is 3. The summed E-state index contributed by atoms with van der Waals surface area (Å²) in [7, 11) is 0. The second-order valence-electron chi connectivity index (χ2n) is 5.69. The van der Waals surface area contributed by atoms with Crippen molar-refractivity contribution in [1.29, 1.82) is 0 Å². The average molecular weight is 286 g/mol. The van der Waals surface area contributed by atoms with Gasteiger partial charge in [0.1, 0.15) is 23.9 Å². The van der Waals surface area contributed by atoms with Crippen LogP contribution in [0.25, 0.3) is 0 Å². The maximum absolute atomic E-state index is 10.2. The standard InChI is InChI=1S/C18H22O3/c1-14(2)18(3,19)13-20-15-9-11-17(12-10-15)21-16-7-5-4-6-8-16/h4-12,14,19H,13H2,1-3H3. The molecule has 0 saturated heterocycles. The molecule has 0 fully saturated rings. The molecule has 3 heteroatoms. The molecule has 0 amide bonds. The van der Waals surface area contributed by atoms with E-state index >= 15 is 0 Å². The highest BCUT2D eigenvalue weighted by molar-refractivity contribution is 5.35. The Bertz CT molecular complexity index is 544. The molecular formula is C18H22O3. The number of ether oxygens (including phenoxy) is 2. The van der Waals surface area contributed by atoms with Crippen molar-refractivity contribution in [1.82, 2.24) is 0 Å². The monoisotopic (exact) mass is 286 g/mol. The normalized spacial score (nSPS) is 13.8. The molecule has 112 valence electrons. The van der Waals surface area contributed by atoms with Crippen LogP contribution in [0.1, 0.15) is 20.8 Å². The molecule has 1 atom stereocenters. The summed E-state index contributed by atoms with van der Waals surface area (Å²) in [5, 5.41) is 10.2. The van der Waals surface area contributed by atoms with Crippen LogP contribution in [-0.2, 0) is 0 Å². The predicted octanol–water partition coefficient (Wildman–Crippen LogP) is 4.26. The van der Waals surface area contributed by atoms with Gasteiger partial charge in [-0.15, -0.1) is 0 Å². The van der Waals surface area contributed by atoms with Gasteiger partial charge in [-0.25, -0.2) is 0 Å². The smallest absolute Gasteiger partial charge is 0.127 e. The van der Waals surface area contributed by atoms with Crippen LogP contribution < -0.4 is 9.47 Å². The van der Waals surface area contributed by atoms with Crippen LogP contribution in [0.5, 0.6) is 17.2 Å². The van der Waals surface area contributed by atoms with Crippen molar-refractivity contribution in [2.45, 2.75) is 26.4 Å². The zero-order chi connectivity index (χ0) is 15.3. The summed E-state index contributed by atoms with van der Waals surface area (Å²) in [5.41, 5.74) is -0.834. The maximum atomic E-state index is 10.2. The number of benzene rings is 2. The van der Waals surface area contributed by atoms with Crippen LogP contribution in [0.2, 0.25) is 0 Å². The van der Waals surface area contributed by atoms with E-state index in [0.29, 0.717) is 0 Å². The molecule has 3 nitrogen and oxygen atoms in total. The van der Waals surface area contributed by atoms with Gasteiger partial charge >= 0.3 is 0 Å². The van der Waals surface area contributed by atoms with Crippen molar-refractivity contribution in [3.63, 3.8) is 0 Å². The molecule has 0 heterocycles. The predicted molar refractivity (Wildman–Crippen MR) is 83.9 cm³/mol. The number of para-hydroxylation sites is 1. The molecule has 21 heavy (non-hydrogen) atoms. The van der Waals surface area contributed by atoms with E-state index in [1.807, 2.05) is 68.4 Å². The molecule has 2 rings (SSSR count). The van der Waals surface area contributed by atoms with Crippen molar-refractivity contribution >= 4 is 0 Å². The van der Waals surface area contributed by atoms with Gasteiger partial charge in [0.05, 0.1) is 5.60 Å². The fourth-order valence-corrected chi connectivity index (χ4v) is 1.62. The first kappa shape index (κ1) is 15.4. The first-order chi connectivity index (χ1) is 9.97. The SMILES string of the molecule is CC(C)C(C)(O)COc1ccc(Oc2ccccc2)cc1. The first-order valence-electron chi connectivity index (χ1n) is 7.15. The Kier molecular flexibility index (Phi) is 4.86. The van der Waals surface area contributed by atoms with Crippen LogP contribution in [0, 0.1) is 5.92 Å². The summed E-state index contributed by atoms with van der Waals surface area (Å²) in [4.78, 5) is 0. The second kappa shape index (κ2) is 6.64. The Morgan fingerprint density at radius 3 is 2.00 bits per heavy atom. The zero-order valence-electron chi connectivity index (χ0n) is 12.7. The number of rotatable bonds is 6. The Hall–Kier alpha value is -2.00. The summed E-state index contributed by atoms with van der Waals surface area (Å²) in [6, 6.07) is 17.0. The van der Waals surface area contributed by atoms with E-state index in [-0.39, 0.29) is 12.5 Å². The summed E-state index contributed by atoms with van der Waals surface area (Å²) >= 11 is 0. The molecular weight excluding hydrogens is 264 g/mol. The molecule has 0 aromatic heterocycles. The average Bonchev–Trinajstić information content (AvgIpc) is 2.47. The molecule has 2 aromatic carbocycles. The van der Waals surface area contributed by atoms with E-state index in [0.717, 1.165) is 17.2 Å². The van der Waals surface area contributed by atoms with Crippen molar-refractivity contribution in [3.8, 4) is 17.2 Å². The van der Waals surface area contributed by atoms with Crippen LogP contribution in [0.4, 0.5) is 0 Å². The fourth-order valence-electron chi connectivity index (χ4n) is 1.62. The van der Waals surface area contributed by atoms with Gasteiger partial charge in [0.15, 0.2) is 0 Å². The van der Waals surface area contributed by atoms with Gasteiger partial charge in [-0.3, -0.25) is 0 Å². The summed E-state index contributed by atoms with van der Waals surface area (Å²) < 4.78 is 11.3. The molecule has 1 unspecified atom stereocenters. The Labute approximate surface area is 126 Å². The van der Waals surface area contributed by atoms with E-state index in [1.54, 1.807) is 6.92 Å². The lowest BCUT2D eigenvalue weighted by Crippen LogP contribution is -2.37. The van der Waals surface area contributed by atoms with Gasteiger partial charge in [-0.1, -0.05) is 32.0 Å². The summed E-state index contributed by atoms with van der Waals surface area (Å²) in [5.74, 6) is 2.41. The molecule has 0 aliphatic rings. The second-order valence-corrected chi connectivity index (χ2v) is 5.69. The zero-order valence-corrected chi connectivity index (χ0v) is 12.7. The summed E-state index contributed by atoms with van der Waals surface area (Å²) in [6.07, 6.45) is 0. The summed E-state index contributed by atoms with van der Waals surface area (Å²) in [6.45, 7) is 5.99. The highest BCUT2D eigenvalue weighted by atomic mass is 16.5. The third-order valence-electron chi connectivity index (χ3n) is 3.58. The lowest BCUT2D eigenvalue weighted by atomic mass is 9.94. The van der Waals surface area contributed by atoms with Crippen LogP contribution in [0.3, 0.4) is 0 Å². The molecule has 0 bridgehead atoms.